The van der Waals surface area contributed by atoms with Gasteiger partial charge in [-0.2, -0.15) is 5.26 Å². The molecule has 20 heavy (non-hydrogen) atoms. The first-order valence-corrected chi connectivity index (χ1v) is 6.96. The van der Waals surface area contributed by atoms with E-state index in [4.69, 9.17) is 0 Å². The summed E-state index contributed by atoms with van der Waals surface area (Å²) < 4.78 is 14.0. The number of amides is 1. The SMILES string of the molecule is Cc1cccc(C(=O)NC2(C#N)CCC(C)CC2)c1F. The Balaban J connectivity index is 2.18. The van der Waals surface area contributed by atoms with Crippen LogP contribution in [0, 0.1) is 30.0 Å². The second kappa shape index (κ2) is 5.62. The Hall–Kier alpha value is -1.89. The number of benzene rings is 1. The molecule has 0 unspecified atom stereocenters. The highest BCUT2D eigenvalue weighted by Gasteiger charge is 2.36. The highest BCUT2D eigenvalue weighted by atomic mass is 19.1. The lowest BCUT2D eigenvalue weighted by atomic mass is 9.78. The molecule has 1 aromatic carbocycles. The third kappa shape index (κ3) is 2.82. The van der Waals surface area contributed by atoms with Gasteiger partial charge in [0.25, 0.3) is 5.91 Å². The van der Waals surface area contributed by atoms with E-state index in [2.05, 4.69) is 18.3 Å². The van der Waals surface area contributed by atoms with Crippen molar-refractivity contribution in [1.82, 2.24) is 5.32 Å². The van der Waals surface area contributed by atoms with E-state index in [1.54, 1.807) is 19.1 Å². The van der Waals surface area contributed by atoms with Crippen LogP contribution in [0.3, 0.4) is 0 Å². The summed E-state index contributed by atoms with van der Waals surface area (Å²) >= 11 is 0. The summed E-state index contributed by atoms with van der Waals surface area (Å²) in [4.78, 5) is 12.2. The summed E-state index contributed by atoms with van der Waals surface area (Å²) in [6.07, 6.45) is 3.07. The van der Waals surface area contributed by atoms with Crippen molar-refractivity contribution in [2.24, 2.45) is 5.92 Å². The predicted octanol–water partition coefficient (Wildman–Crippen LogP) is 3.34. The molecule has 1 saturated carbocycles. The molecule has 1 amide bonds. The van der Waals surface area contributed by atoms with Crippen molar-refractivity contribution >= 4 is 5.91 Å². The van der Waals surface area contributed by atoms with Crippen molar-refractivity contribution in [3.8, 4) is 6.07 Å². The summed E-state index contributed by atoms with van der Waals surface area (Å²) in [6.45, 7) is 3.76. The Bertz CT molecular complexity index is 554. The van der Waals surface area contributed by atoms with Crippen LogP contribution in [0.4, 0.5) is 4.39 Å². The monoisotopic (exact) mass is 274 g/mol. The second-order valence-electron chi connectivity index (χ2n) is 5.77. The Morgan fingerprint density at radius 3 is 2.70 bits per heavy atom. The lowest BCUT2D eigenvalue weighted by molar-refractivity contribution is 0.0889. The largest absolute Gasteiger partial charge is 0.334 e. The van der Waals surface area contributed by atoms with Crippen molar-refractivity contribution < 1.29 is 9.18 Å². The minimum Gasteiger partial charge on any atom is -0.334 e. The number of nitrogens with zero attached hydrogens (tertiary/aromatic N) is 1. The van der Waals surface area contributed by atoms with E-state index in [1.165, 1.54) is 6.07 Å². The van der Waals surface area contributed by atoms with Gasteiger partial charge in [0.05, 0.1) is 11.6 Å². The number of hydrogen-bond donors (Lipinski definition) is 1. The van der Waals surface area contributed by atoms with Crippen molar-refractivity contribution in [3.63, 3.8) is 0 Å². The number of halogens is 1. The first-order chi connectivity index (χ1) is 9.47. The molecule has 3 nitrogen and oxygen atoms in total. The fourth-order valence-corrected chi connectivity index (χ4v) is 2.63. The molecular formula is C16H19FN2O. The summed E-state index contributed by atoms with van der Waals surface area (Å²) in [5, 5.41) is 12.1. The number of aryl methyl sites for hydroxylation is 1. The molecule has 0 aromatic heterocycles. The number of carbonyl (C=O) groups excluding carboxylic acids is 1. The molecule has 0 aliphatic heterocycles. The van der Waals surface area contributed by atoms with Gasteiger partial charge in [0.15, 0.2) is 0 Å². The molecular weight excluding hydrogens is 255 g/mol. The highest BCUT2D eigenvalue weighted by molar-refractivity contribution is 5.95. The summed E-state index contributed by atoms with van der Waals surface area (Å²) in [5.41, 5.74) is -0.404. The average Bonchev–Trinajstić information content (AvgIpc) is 2.44. The van der Waals surface area contributed by atoms with Gasteiger partial charge in [-0.15, -0.1) is 0 Å². The Kier molecular flexibility index (Phi) is 4.08. The topological polar surface area (TPSA) is 52.9 Å². The summed E-state index contributed by atoms with van der Waals surface area (Å²) in [7, 11) is 0. The minimum atomic E-state index is -0.847. The van der Waals surface area contributed by atoms with Gasteiger partial charge < -0.3 is 5.32 Å². The van der Waals surface area contributed by atoms with E-state index in [0.29, 0.717) is 24.3 Å². The molecule has 2 rings (SSSR count). The van der Waals surface area contributed by atoms with Gasteiger partial charge in [-0.05, 0) is 50.2 Å². The normalized spacial score (nSPS) is 25.8. The summed E-state index contributed by atoms with van der Waals surface area (Å²) in [5.74, 6) is -0.436. The van der Waals surface area contributed by atoms with Gasteiger partial charge in [0.2, 0.25) is 0 Å². The molecule has 0 atom stereocenters. The van der Waals surface area contributed by atoms with E-state index in [1.807, 2.05) is 0 Å². The molecule has 0 bridgehead atoms. The van der Waals surface area contributed by atoms with Crippen LogP contribution >= 0.6 is 0 Å². The van der Waals surface area contributed by atoms with E-state index in [0.717, 1.165) is 12.8 Å². The number of nitriles is 1. The van der Waals surface area contributed by atoms with Gasteiger partial charge >= 0.3 is 0 Å². The van der Waals surface area contributed by atoms with Gasteiger partial charge in [0, 0.05) is 0 Å². The first kappa shape index (κ1) is 14.5. The minimum absolute atomic E-state index is 0.0123. The fourth-order valence-electron chi connectivity index (χ4n) is 2.63. The highest BCUT2D eigenvalue weighted by Crippen LogP contribution is 2.31. The van der Waals surface area contributed by atoms with Gasteiger partial charge in [-0.1, -0.05) is 19.1 Å². The molecule has 1 aliphatic carbocycles. The third-order valence-corrected chi connectivity index (χ3v) is 4.13. The zero-order valence-corrected chi connectivity index (χ0v) is 11.9. The lowest BCUT2D eigenvalue weighted by Crippen LogP contribution is -2.49. The Labute approximate surface area is 118 Å². The molecule has 106 valence electrons. The van der Waals surface area contributed by atoms with Crippen LogP contribution in [-0.4, -0.2) is 11.4 Å². The molecule has 0 radical (unpaired) electrons. The average molecular weight is 274 g/mol. The quantitative estimate of drug-likeness (QED) is 0.899. The molecule has 1 aromatic rings. The third-order valence-electron chi connectivity index (χ3n) is 4.13. The van der Waals surface area contributed by atoms with Crippen molar-refractivity contribution in [2.75, 3.05) is 0 Å². The summed E-state index contributed by atoms with van der Waals surface area (Å²) in [6, 6.07) is 6.94. The maximum absolute atomic E-state index is 14.0. The fraction of sp³-hybridized carbons (Fsp3) is 0.500. The smallest absolute Gasteiger partial charge is 0.255 e. The second-order valence-corrected chi connectivity index (χ2v) is 5.77. The molecule has 0 heterocycles. The Morgan fingerprint density at radius 1 is 1.45 bits per heavy atom. The maximum Gasteiger partial charge on any atom is 0.255 e. The number of rotatable bonds is 2. The first-order valence-electron chi connectivity index (χ1n) is 6.96. The van der Waals surface area contributed by atoms with Crippen LogP contribution in [-0.2, 0) is 0 Å². The van der Waals surface area contributed by atoms with Gasteiger partial charge in [-0.3, -0.25) is 4.79 Å². The number of hydrogen-bond acceptors (Lipinski definition) is 2. The zero-order chi connectivity index (χ0) is 14.8. The van der Waals surface area contributed by atoms with E-state index < -0.39 is 17.3 Å². The molecule has 0 saturated heterocycles. The van der Waals surface area contributed by atoms with Crippen LogP contribution < -0.4 is 5.32 Å². The van der Waals surface area contributed by atoms with Gasteiger partial charge in [0.1, 0.15) is 11.4 Å². The van der Waals surface area contributed by atoms with Crippen molar-refractivity contribution in [1.29, 1.82) is 5.26 Å². The zero-order valence-electron chi connectivity index (χ0n) is 11.9. The van der Waals surface area contributed by atoms with E-state index in [-0.39, 0.29) is 5.56 Å². The van der Waals surface area contributed by atoms with Crippen LogP contribution in [0.2, 0.25) is 0 Å². The predicted molar refractivity (Wildman–Crippen MR) is 74.6 cm³/mol. The lowest BCUT2D eigenvalue weighted by Gasteiger charge is -2.34. The van der Waals surface area contributed by atoms with Crippen molar-refractivity contribution in [2.45, 2.75) is 45.1 Å². The van der Waals surface area contributed by atoms with E-state index >= 15 is 0 Å². The van der Waals surface area contributed by atoms with Crippen LogP contribution in [0.15, 0.2) is 18.2 Å². The molecule has 1 aliphatic rings. The molecule has 1 N–H and O–H groups in total. The van der Waals surface area contributed by atoms with Crippen LogP contribution in [0.25, 0.3) is 0 Å². The standard InChI is InChI=1S/C16H19FN2O/c1-11-6-8-16(10-18,9-7-11)19-15(20)13-5-3-4-12(2)14(13)17/h3-5,11H,6-9H2,1-2H3,(H,19,20). The molecule has 4 heteroatoms. The number of nitrogens with one attached hydrogen (secondary N) is 1. The van der Waals surface area contributed by atoms with Crippen LogP contribution in [0.1, 0.15) is 48.5 Å². The maximum atomic E-state index is 14.0. The van der Waals surface area contributed by atoms with E-state index in [9.17, 15) is 14.4 Å². The Morgan fingerprint density at radius 2 is 2.10 bits per heavy atom. The molecule has 1 fully saturated rings. The van der Waals surface area contributed by atoms with Crippen molar-refractivity contribution in [3.05, 3.63) is 35.1 Å². The van der Waals surface area contributed by atoms with Crippen LogP contribution in [0.5, 0.6) is 0 Å². The van der Waals surface area contributed by atoms with Gasteiger partial charge in [-0.25, -0.2) is 4.39 Å². The molecule has 0 spiro atoms. The number of carbonyl (C=O) groups is 1.